The fraction of sp³-hybridized carbons (Fsp3) is 0.290. The van der Waals surface area contributed by atoms with E-state index in [1.165, 1.54) is 0 Å². The van der Waals surface area contributed by atoms with Crippen LogP contribution in [0.1, 0.15) is 47.8 Å². The van der Waals surface area contributed by atoms with E-state index in [9.17, 15) is 9.59 Å². The lowest BCUT2D eigenvalue weighted by atomic mass is 9.93. The van der Waals surface area contributed by atoms with Gasteiger partial charge in [-0.1, -0.05) is 48.5 Å². The normalized spacial score (nSPS) is 14.8. The van der Waals surface area contributed by atoms with Crippen molar-refractivity contribution >= 4 is 22.7 Å². The molecule has 7 heteroatoms. The largest absolute Gasteiger partial charge is 0.497 e. The molecular formula is C31H33N3O4. The van der Waals surface area contributed by atoms with Gasteiger partial charge in [-0.25, -0.2) is 0 Å². The first-order chi connectivity index (χ1) is 18.5. The number of hydrogen-bond donors (Lipinski definition) is 2. The number of para-hydroxylation sites is 1. The maximum absolute atomic E-state index is 13.7. The standard InChI is InChI=1S/C31H33N3O4/c1-20(2)38-17-9-16-32-27(35)19-34-30(23-12-4-5-13-24(23)31(34)36)28-25-14-6-7-15-26(25)33-29(28)21-10-8-11-22(18-21)37-3/h4-8,10-15,18,20,30,33H,9,16-17,19H2,1-3H3,(H,32,35). The minimum atomic E-state index is -0.425. The number of carbonyl (C=O) groups excluding carboxylic acids is 2. The Kier molecular flexibility index (Phi) is 7.47. The van der Waals surface area contributed by atoms with Crippen LogP contribution < -0.4 is 10.1 Å². The van der Waals surface area contributed by atoms with Gasteiger partial charge in [0.25, 0.3) is 5.91 Å². The number of benzene rings is 3. The van der Waals surface area contributed by atoms with E-state index in [1.807, 2.05) is 80.6 Å². The first-order valence-corrected chi connectivity index (χ1v) is 13.0. The summed E-state index contributed by atoms with van der Waals surface area (Å²) in [5, 5.41) is 3.97. The number of rotatable bonds is 10. The van der Waals surface area contributed by atoms with Gasteiger partial charge in [0.05, 0.1) is 24.9 Å². The van der Waals surface area contributed by atoms with Crippen molar-refractivity contribution in [3.05, 3.63) is 89.5 Å². The molecule has 0 spiro atoms. The smallest absolute Gasteiger partial charge is 0.255 e. The summed E-state index contributed by atoms with van der Waals surface area (Å²) in [5.41, 5.74) is 5.29. The zero-order valence-electron chi connectivity index (χ0n) is 22.0. The van der Waals surface area contributed by atoms with Gasteiger partial charge in [-0.2, -0.15) is 0 Å². The maximum atomic E-state index is 13.7. The number of amides is 2. The molecule has 1 atom stereocenters. The minimum absolute atomic E-state index is 0.0414. The number of methoxy groups -OCH3 is 1. The predicted molar refractivity (Wildman–Crippen MR) is 148 cm³/mol. The molecular weight excluding hydrogens is 478 g/mol. The lowest BCUT2D eigenvalue weighted by Gasteiger charge is -2.26. The molecule has 1 aliphatic rings. The van der Waals surface area contributed by atoms with Gasteiger partial charge in [-0.05, 0) is 50.1 Å². The van der Waals surface area contributed by atoms with E-state index < -0.39 is 6.04 Å². The quantitative estimate of drug-likeness (QED) is 0.282. The van der Waals surface area contributed by atoms with Crippen molar-refractivity contribution in [2.75, 3.05) is 26.8 Å². The van der Waals surface area contributed by atoms with Crippen molar-refractivity contribution in [1.29, 1.82) is 0 Å². The van der Waals surface area contributed by atoms with Crippen molar-refractivity contribution in [1.82, 2.24) is 15.2 Å². The number of fused-ring (bicyclic) bond motifs is 2. The number of nitrogens with zero attached hydrogens (tertiary/aromatic N) is 1. The molecule has 7 nitrogen and oxygen atoms in total. The monoisotopic (exact) mass is 511 g/mol. The molecule has 3 aromatic carbocycles. The van der Waals surface area contributed by atoms with E-state index in [-0.39, 0.29) is 24.5 Å². The van der Waals surface area contributed by atoms with Gasteiger partial charge in [0.2, 0.25) is 5.91 Å². The van der Waals surface area contributed by atoms with Crippen molar-refractivity contribution in [2.24, 2.45) is 0 Å². The Morgan fingerprint density at radius 1 is 1.05 bits per heavy atom. The van der Waals surface area contributed by atoms with Crippen LogP contribution in [0.3, 0.4) is 0 Å². The summed E-state index contributed by atoms with van der Waals surface area (Å²) >= 11 is 0. The number of hydrogen-bond acceptors (Lipinski definition) is 4. The molecule has 0 aliphatic carbocycles. The molecule has 2 heterocycles. The maximum Gasteiger partial charge on any atom is 0.255 e. The fourth-order valence-electron chi connectivity index (χ4n) is 5.13. The molecule has 5 rings (SSSR count). The van der Waals surface area contributed by atoms with Gasteiger partial charge in [0.15, 0.2) is 0 Å². The van der Waals surface area contributed by atoms with Gasteiger partial charge in [-0.15, -0.1) is 0 Å². The SMILES string of the molecule is COc1cccc(-c2[nH]c3ccccc3c2C2c3ccccc3C(=O)N2CC(=O)NCCCOC(C)C)c1. The molecule has 2 N–H and O–H groups in total. The van der Waals surface area contributed by atoms with Gasteiger partial charge in [-0.3, -0.25) is 9.59 Å². The summed E-state index contributed by atoms with van der Waals surface area (Å²) in [6, 6.07) is 23.1. The molecule has 2 amide bonds. The van der Waals surface area contributed by atoms with Gasteiger partial charge < -0.3 is 24.7 Å². The van der Waals surface area contributed by atoms with Crippen LogP contribution in [0.4, 0.5) is 0 Å². The van der Waals surface area contributed by atoms with Gasteiger partial charge in [0, 0.05) is 40.7 Å². The zero-order valence-corrected chi connectivity index (χ0v) is 22.0. The number of H-pyrrole nitrogens is 1. The van der Waals surface area contributed by atoms with Gasteiger partial charge >= 0.3 is 0 Å². The second kappa shape index (κ2) is 11.1. The number of nitrogens with one attached hydrogen (secondary N) is 2. The van der Waals surface area contributed by atoms with Crippen LogP contribution >= 0.6 is 0 Å². The highest BCUT2D eigenvalue weighted by Crippen LogP contribution is 2.45. The lowest BCUT2D eigenvalue weighted by molar-refractivity contribution is -0.122. The average molecular weight is 512 g/mol. The third kappa shape index (κ3) is 5.02. The molecule has 0 saturated carbocycles. The van der Waals surface area contributed by atoms with E-state index in [0.29, 0.717) is 25.1 Å². The molecule has 38 heavy (non-hydrogen) atoms. The number of aromatic amines is 1. The third-order valence-corrected chi connectivity index (χ3v) is 6.84. The topological polar surface area (TPSA) is 83.7 Å². The van der Waals surface area contributed by atoms with Crippen LogP contribution in [0.25, 0.3) is 22.2 Å². The average Bonchev–Trinajstić information content (AvgIpc) is 3.43. The summed E-state index contributed by atoms with van der Waals surface area (Å²) < 4.78 is 11.1. The van der Waals surface area contributed by atoms with Gasteiger partial charge in [0.1, 0.15) is 12.3 Å². The van der Waals surface area contributed by atoms with Crippen molar-refractivity contribution < 1.29 is 19.1 Å². The molecule has 0 bridgehead atoms. The minimum Gasteiger partial charge on any atom is -0.497 e. The number of aromatic nitrogens is 1. The van der Waals surface area contributed by atoms with E-state index >= 15 is 0 Å². The molecule has 0 saturated heterocycles. The van der Waals surface area contributed by atoms with Crippen molar-refractivity contribution in [2.45, 2.75) is 32.4 Å². The molecule has 1 aliphatic heterocycles. The van der Waals surface area contributed by atoms with E-state index in [2.05, 4.69) is 16.4 Å². The molecule has 1 aromatic heterocycles. The second-order valence-electron chi connectivity index (χ2n) is 9.74. The summed E-state index contributed by atoms with van der Waals surface area (Å²) in [6.45, 7) is 5.00. The Morgan fingerprint density at radius 3 is 2.66 bits per heavy atom. The van der Waals surface area contributed by atoms with Crippen LogP contribution in [-0.4, -0.2) is 54.6 Å². The number of carbonyl (C=O) groups is 2. The van der Waals surface area contributed by atoms with Crippen LogP contribution in [0.5, 0.6) is 5.75 Å². The molecule has 196 valence electrons. The Bertz CT molecular complexity index is 1460. The first-order valence-electron chi connectivity index (χ1n) is 13.0. The summed E-state index contributed by atoms with van der Waals surface area (Å²) in [4.78, 5) is 32.0. The summed E-state index contributed by atoms with van der Waals surface area (Å²) in [6.07, 6.45) is 0.867. The second-order valence-corrected chi connectivity index (χ2v) is 9.74. The van der Waals surface area contributed by atoms with Crippen LogP contribution in [0.15, 0.2) is 72.8 Å². The van der Waals surface area contributed by atoms with E-state index in [4.69, 9.17) is 9.47 Å². The highest BCUT2D eigenvalue weighted by Gasteiger charge is 2.41. The van der Waals surface area contributed by atoms with E-state index in [0.717, 1.165) is 39.0 Å². The molecule has 0 radical (unpaired) electrons. The molecule has 1 unspecified atom stereocenters. The molecule has 4 aromatic rings. The lowest BCUT2D eigenvalue weighted by Crippen LogP contribution is -2.40. The zero-order chi connectivity index (χ0) is 26.6. The summed E-state index contributed by atoms with van der Waals surface area (Å²) in [5.74, 6) is 0.405. The van der Waals surface area contributed by atoms with Crippen molar-refractivity contribution in [3.8, 4) is 17.0 Å². The highest BCUT2D eigenvalue weighted by molar-refractivity contribution is 6.03. The molecule has 0 fully saturated rings. The fourth-order valence-corrected chi connectivity index (χ4v) is 5.13. The Balaban J connectivity index is 1.53. The number of ether oxygens (including phenoxy) is 2. The van der Waals surface area contributed by atoms with Crippen LogP contribution in [0, 0.1) is 0 Å². The van der Waals surface area contributed by atoms with Crippen molar-refractivity contribution in [3.63, 3.8) is 0 Å². The Hall–Kier alpha value is -4.10. The third-order valence-electron chi connectivity index (χ3n) is 6.84. The Morgan fingerprint density at radius 2 is 1.84 bits per heavy atom. The van der Waals surface area contributed by atoms with E-state index in [1.54, 1.807) is 12.0 Å². The summed E-state index contributed by atoms with van der Waals surface area (Å²) in [7, 11) is 1.65. The van der Waals surface area contributed by atoms with Crippen LogP contribution in [0.2, 0.25) is 0 Å². The Labute approximate surface area is 222 Å². The predicted octanol–water partition coefficient (Wildman–Crippen LogP) is 5.32. The first kappa shape index (κ1) is 25.5. The highest BCUT2D eigenvalue weighted by atomic mass is 16.5. The van der Waals surface area contributed by atoms with Crippen LogP contribution in [-0.2, 0) is 9.53 Å².